The maximum atomic E-state index is 14.0. The molecule has 1 aliphatic rings. The third-order valence-corrected chi connectivity index (χ3v) is 7.62. The molecule has 0 N–H and O–H groups in total. The summed E-state index contributed by atoms with van der Waals surface area (Å²) in [6.45, 7) is 9.62. The third-order valence-electron chi connectivity index (χ3n) is 7.37. The number of benzene rings is 3. The lowest BCUT2D eigenvalue weighted by Gasteiger charge is -2.44. The van der Waals surface area contributed by atoms with Crippen LogP contribution in [-0.2, 0) is 4.79 Å². The van der Waals surface area contributed by atoms with Crippen LogP contribution in [0.4, 0.5) is 22.7 Å². The molecule has 1 heterocycles. The van der Waals surface area contributed by atoms with E-state index in [1.54, 1.807) is 19.1 Å². The minimum Gasteiger partial charge on any atom is -0.378 e. The maximum absolute atomic E-state index is 14.0. The van der Waals surface area contributed by atoms with Gasteiger partial charge in [0.05, 0.1) is 11.7 Å². The Labute approximate surface area is 231 Å². The lowest BCUT2D eigenvalue weighted by molar-refractivity contribution is -0.117. The van der Waals surface area contributed by atoms with E-state index in [9.17, 15) is 9.59 Å². The molecule has 0 aromatic heterocycles. The van der Waals surface area contributed by atoms with Crippen LogP contribution in [0.1, 0.15) is 56.1 Å². The zero-order valence-electron chi connectivity index (χ0n) is 23.1. The van der Waals surface area contributed by atoms with Gasteiger partial charge in [0.1, 0.15) is 0 Å². The first kappa shape index (κ1) is 27.5. The van der Waals surface area contributed by atoms with E-state index in [1.807, 2.05) is 65.2 Å². The average Bonchev–Trinajstić information content (AvgIpc) is 2.90. The van der Waals surface area contributed by atoms with Crippen molar-refractivity contribution < 1.29 is 9.59 Å². The van der Waals surface area contributed by atoms with Gasteiger partial charge in [-0.3, -0.25) is 9.59 Å². The first-order chi connectivity index (χ1) is 18.2. The predicted octanol–water partition coefficient (Wildman–Crippen LogP) is 6.79. The summed E-state index contributed by atoms with van der Waals surface area (Å²) in [7, 11) is 3.96. The zero-order chi connectivity index (χ0) is 27.6. The van der Waals surface area contributed by atoms with Gasteiger partial charge in [-0.15, -0.1) is 0 Å². The van der Waals surface area contributed by atoms with E-state index >= 15 is 0 Å². The van der Waals surface area contributed by atoms with E-state index < -0.39 is 0 Å². The SMILES string of the molecule is CCN(CC)c1ccc2c(c1)N(C(=O)c1ccc(N(C)C)cc1)[C@H](C)C[C@@H]2N(C(C)=O)c1ccc(Cl)cc1. The van der Waals surface area contributed by atoms with Crippen LogP contribution >= 0.6 is 11.6 Å². The number of halogens is 1. The highest BCUT2D eigenvalue weighted by molar-refractivity contribution is 6.30. The number of fused-ring (bicyclic) bond motifs is 1. The number of carbonyl (C=O) groups excluding carboxylic acids is 2. The van der Waals surface area contributed by atoms with Gasteiger partial charge in [-0.1, -0.05) is 17.7 Å². The topological polar surface area (TPSA) is 47.1 Å². The van der Waals surface area contributed by atoms with Crippen molar-refractivity contribution in [2.75, 3.05) is 46.8 Å². The monoisotopic (exact) mass is 532 g/mol. The Morgan fingerprint density at radius 2 is 1.47 bits per heavy atom. The molecule has 0 fully saturated rings. The second kappa shape index (κ2) is 11.5. The quantitative estimate of drug-likeness (QED) is 0.336. The standard InChI is InChI=1S/C31H37ClN4O2/c1-7-34(8-2)27-17-18-28-29(36(22(4)37)26-15-11-24(32)12-16-26)19-21(3)35(30(28)20-27)31(38)23-9-13-25(14-10-23)33(5)6/h9-18,20-21,29H,7-8,19H2,1-6H3/t21-,29+/m1/s1. The van der Waals surface area contributed by atoms with Gasteiger partial charge in [-0.05, 0) is 93.4 Å². The predicted molar refractivity (Wildman–Crippen MR) is 159 cm³/mol. The second-order valence-corrected chi connectivity index (χ2v) is 10.4. The van der Waals surface area contributed by atoms with E-state index in [-0.39, 0.29) is 23.9 Å². The van der Waals surface area contributed by atoms with Gasteiger partial charge < -0.3 is 19.6 Å². The van der Waals surface area contributed by atoms with Gasteiger partial charge in [0.2, 0.25) is 5.91 Å². The maximum Gasteiger partial charge on any atom is 0.258 e. The molecule has 2 atom stereocenters. The summed E-state index contributed by atoms with van der Waals surface area (Å²) in [5.74, 6) is -0.0950. The van der Waals surface area contributed by atoms with Crippen molar-refractivity contribution in [3.05, 3.63) is 82.9 Å². The van der Waals surface area contributed by atoms with Gasteiger partial charge in [-0.25, -0.2) is 0 Å². The smallest absolute Gasteiger partial charge is 0.258 e. The Balaban J connectivity index is 1.84. The number of anilines is 4. The second-order valence-electron chi connectivity index (χ2n) is 10.00. The molecule has 0 radical (unpaired) electrons. The average molecular weight is 533 g/mol. The number of hydrogen-bond acceptors (Lipinski definition) is 4. The van der Waals surface area contributed by atoms with Gasteiger partial charge >= 0.3 is 0 Å². The van der Waals surface area contributed by atoms with Crippen LogP contribution in [-0.4, -0.2) is 45.0 Å². The summed E-state index contributed by atoms with van der Waals surface area (Å²) < 4.78 is 0. The van der Waals surface area contributed by atoms with E-state index in [0.29, 0.717) is 17.0 Å². The summed E-state index contributed by atoms with van der Waals surface area (Å²) in [6.07, 6.45) is 0.612. The molecule has 4 rings (SSSR count). The van der Waals surface area contributed by atoms with Crippen LogP contribution in [0.25, 0.3) is 0 Å². The Kier molecular flexibility index (Phi) is 8.32. The van der Waals surface area contributed by atoms with E-state index in [4.69, 9.17) is 11.6 Å². The first-order valence-corrected chi connectivity index (χ1v) is 13.6. The summed E-state index contributed by atoms with van der Waals surface area (Å²) in [4.78, 5) is 35.1. The lowest BCUT2D eigenvalue weighted by atomic mass is 9.89. The molecule has 0 bridgehead atoms. The molecule has 200 valence electrons. The molecule has 3 aromatic rings. The van der Waals surface area contributed by atoms with Crippen LogP contribution in [0.2, 0.25) is 5.02 Å². The van der Waals surface area contributed by atoms with Crippen molar-refractivity contribution in [3.63, 3.8) is 0 Å². The molecule has 0 unspecified atom stereocenters. The Bertz CT molecular complexity index is 1290. The minimum atomic E-state index is -0.218. The molecular formula is C31H37ClN4O2. The van der Waals surface area contributed by atoms with Gasteiger partial charge in [0, 0.05) is 67.8 Å². The normalized spacial score (nSPS) is 16.6. The minimum absolute atomic E-state index is 0.0416. The summed E-state index contributed by atoms with van der Waals surface area (Å²) in [5, 5.41) is 0.621. The Morgan fingerprint density at radius 3 is 2.03 bits per heavy atom. The number of carbonyl (C=O) groups is 2. The van der Waals surface area contributed by atoms with Gasteiger partial charge in [0.15, 0.2) is 0 Å². The zero-order valence-corrected chi connectivity index (χ0v) is 23.9. The van der Waals surface area contributed by atoms with Crippen LogP contribution in [0, 0.1) is 0 Å². The molecule has 0 saturated heterocycles. The summed E-state index contributed by atoms with van der Waals surface area (Å²) in [5.41, 5.74) is 5.33. The fourth-order valence-electron chi connectivity index (χ4n) is 5.38. The summed E-state index contributed by atoms with van der Waals surface area (Å²) >= 11 is 6.14. The molecule has 0 saturated carbocycles. The number of nitrogens with zero attached hydrogens (tertiary/aromatic N) is 4. The number of hydrogen-bond donors (Lipinski definition) is 0. The Hall–Kier alpha value is -3.51. The van der Waals surface area contributed by atoms with Crippen molar-refractivity contribution in [2.45, 2.75) is 46.2 Å². The fraction of sp³-hybridized carbons (Fsp3) is 0.355. The van der Waals surface area contributed by atoms with Gasteiger partial charge in [-0.2, -0.15) is 0 Å². The highest BCUT2D eigenvalue weighted by Gasteiger charge is 2.38. The molecule has 0 aliphatic carbocycles. The van der Waals surface area contributed by atoms with Crippen molar-refractivity contribution in [1.29, 1.82) is 0 Å². The highest BCUT2D eigenvalue weighted by atomic mass is 35.5. The third kappa shape index (κ3) is 5.37. The van der Waals surface area contributed by atoms with E-state index in [0.717, 1.165) is 41.4 Å². The van der Waals surface area contributed by atoms with Crippen molar-refractivity contribution >= 4 is 46.2 Å². The van der Waals surface area contributed by atoms with Crippen LogP contribution < -0.4 is 19.6 Å². The molecule has 1 aliphatic heterocycles. The highest BCUT2D eigenvalue weighted by Crippen LogP contribution is 2.44. The van der Waals surface area contributed by atoms with Crippen LogP contribution in [0.15, 0.2) is 66.7 Å². The summed E-state index contributed by atoms with van der Waals surface area (Å²) in [6, 6.07) is 21.0. The van der Waals surface area contributed by atoms with Gasteiger partial charge in [0.25, 0.3) is 5.91 Å². The Morgan fingerprint density at radius 1 is 0.895 bits per heavy atom. The van der Waals surface area contributed by atoms with Crippen LogP contribution in [0.5, 0.6) is 0 Å². The van der Waals surface area contributed by atoms with E-state index in [2.05, 4.69) is 43.9 Å². The molecule has 6 nitrogen and oxygen atoms in total. The fourth-order valence-corrected chi connectivity index (χ4v) is 5.51. The largest absolute Gasteiger partial charge is 0.378 e. The van der Waals surface area contributed by atoms with Crippen LogP contribution in [0.3, 0.4) is 0 Å². The molecule has 3 aromatic carbocycles. The van der Waals surface area contributed by atoms with Crippen molar-refractivity contribution in [3.8, 4) is 0 Å². The number of rotatable bonds is 7. The van der Waals surface area contributed by atoms with Crippen molar-refractivity contribution in [1.82, 2.24) is 0 Å². The molecule has 38 heavy (non-hydrogen) atoms. The molecule has 2 amide bonds. The van der Waals surface area contributed by atoms with Crippen molar-refractivity contribution in [2.24, 2.45) is 0 Å². The molecule has 0 spiro atoms. The van der Waals surface area contributed by atoms with E-state index in [1.165, 1.54) is 0 Å². The number of amides is 2. The lowest BCUT2D eigenvalue weighted by Crippen LogP contribution is -2.47. The molecular weight excluding hydrogens is 496 g/mol. The molecule has 7 heteroatoms. The first-order valence-electron chi connectivity index (χ1n) is 13.2.